The second-order valence-corrected chi connectivity index (χ2v) is 4.56. The van der Waals surface area contributed by atoms with E-state index in [4.69, 9.17) is 0 Å². The van der Waals surface area contributed by atoms with E-state index in [9.17, 15) is 0 Å². The number of alkyl halides is 1. The molecule has 1 aliphatic heterocycles. The molecule has 1 heterocycles. The summed E-state index contributed by atoms with van der Waals surface area (Å²) < 4.78 is 0. The Morgan fingerprint density at radius 2 is 2.33 bits per heavy atom. The third-order valence-corrected chi connectivity index (χ3v) is 3.90. The first-order valence-corrected chi connectivity index (χ1v) is 6.20. The molecule has 2 unspecified atom stereocenters. The van der Waals surface area contributed by atoms with E-state index < -0.39 is 0 Å². The van der Waals surface area contributed by atoms with E-state index in [0.717, 1.165) is 12.0 Å². The van der Waals surface area contributed by atoms with Crippen LogP contribution in [0.2, 0.25) is 0 Å². The first kappa shape index (κ1) is 10.5. The Hall–Kier alpha value is 0.440. The van der Waals surface area contributed by atoms with Crippen LogP contribution >= 0.6 is 15.9 Å². The van der Waals surface area contributed by atoms with Crippen molar-refractivity contribution < 1.29 is 0 Å². The van der Waals surface area contributed by atoms with Crippen LogP contribution in [-0.2, 0) is 0 Å². The fraction of sp³-hybridized carbons (Fsp3) is 1.00. The van der Waals surface area contributed by atoms with Crippen LogP contribution in [-0.4, -0.2) is 29.4 Å². The Balaban J connectivity index is 2.34. The van der Waals surface area contributed by atoms with Crippen LogP contribution < -0.4 is 0 Å². The van der Waals surface area contributed by atoms with Gasteiger partial charge in [-0.05, 0) is 38.6 Å². The summed E-state index contributed by atoms with van der Waals surface area (Å²) in [5.41, 5.74) is 0. The molecule has 1 saturated heterocycles. The van der Waals surface area contributed by atoms with Crippen molar-refractivity contribution in [2.24, 2.45) is 5.92 Å². The highest BCUT2D eigenvalue weighted by Crippen LogP contribution is 2.20. The van der Waals surface area contributed by atoms with Crippen LogP contribution in [0.15, 0.2) is 0 Å². The summed E-state index contributed by atoms with van der Waals surface area (Å²) in [6.45, 7) is 7.25. The normalized spacial score (nSPS) is 28.8. The van der Waals surface area contributed by atoms with Gasteiger partial charge in [-0.15, -0.1) is 0 Å². The topological polar surface area (TPSA) is 3.24 Å². The average Bonchev–Trinajstić information content (AvgIpc) is 2.17. The molecular weight excluding hydrogens is 214 g/mol. The predicted molar refractivity (Wildman–Crippen MR) is 57.8 cm³/mol. The monoisotopic (exact) mass is 233 g/mol. The van der Waals surface area contributed by atoms with E-state index in [0.29, 0.717) is 0 Å². The van der Waals surface area contributed by atoms with Crippen molar-refractivity contribution in [2.45, 2.75) is 39.2 Å². The molecule has 2 heteroatoms. The maximum atomic E-state index is 3.58. The zero-order valence-electron chi connectivity index (χ0n) is 8.22. The summed E-state index contributed by atoms with van der Waals surface area (Å²) >= 11 is 3.58. The van der Waals surface area contributed by atoms with Crippen molar-refractivity contribution in [1.82, 2.24) is 4.90 Å². The van der Waals surface area contributed by atoms with Crippen LogP contribution in [0.4, 0.5) is 0 Å². The van der Waals surface area contributed by atoms with Gasteiger partial charge in [-0.25, -0.2) is 0 Å². The Kier molecular flexibility index (Phi) is 4.59. The van der Waals surface area contributed by atoms with Crippen molar-refractivity contribution >= 4 is 15.9 Å². The highest BCUT2D eigenvalue weighted by atomic mass is 79.9. The van der Waals surface area contributed by atoms with E-state index >= 15 is 0 Å². The lowest BCUT2D eigenvalue weighted by molar-refractivity contribution is 0.138. The predicted octanol–water partition coefficient (Wildman–Crippen LogP) is 2.89. The second-order valence-electron chi connectivity index (χ2n) is 3.91. The number of halogens is 1. The van der Waals surface area contributed by atoms with Gasteiger partial charge in [0, 0.05) is 17.9 Å². The molecule has 0 aliphatic carbocycles. The third kappa shape index (κ3) is 2.74. The minimum Gasteiger partial charge on any atom is -0.300 e. The third-order valence-electron chi connectivity index (χ3n) is 2.98. The lowest BCUT2D eigenvalue weighted by atomic mass is 9.98. The molecule has 1 nitrogen and oxygen atoms in total. The van der Waals surface area contributed by atoms with Gasteiger partial charge < -0.3 is 4.90 Å². The molecule has 0 saturated carbocycles. The molecule has 72 valence electrons. The standard InChI is InChI=1S/C10H20BrN/c1-3-9(2)12-6-4-5-10(7-11)8-12/h9-10H,3-8H2,1-2H3. The van der Waals surface area contributed by atoms with Gasteiger partial charge in [0.05, 0.1) is 0 Å². The minimum absolute atomic E-state index is 0.784. The van der Waals surface area contributed by atoms with Gasteiger partial charge in [0.2, 0.25) is 0 Å². The van der Waals surface area contributed by atoms with Crippen LogP contribution in [0.1, 0.15) is 33.1 Å². The van der Waals surface area contributed by atoms with Crippen molar-refractivity contribution in [1.29, 1.82) is 0 Å². The number of hydrogen-bond donors (Lipinski definition) is 0. The molecule has 1 aliphatic rings. The van der Waals surface area contributed by atoms with E-state index in [1.54, 1.807) is 0 Å². The van der Waals surface area contributed by atoms with Crippen molar-refractivity contribution in [3.63, 3.8) is 0 Å². The van der Waals surface area contributed by atoms with E-state index in [1.807, 2.05) is 0 Å². The van der Waals surface area contributed by atoms with Gasteiger partial charge in [0.1, 0.15) is 0 Å². The lowest BCUT2D eigenvalue weighted by Crippen LogP contribution is -2.41. The first-order chi connectivity index (χ1) is 5.77. The van der Waals surface area contributed by atoms with Crippen molar-refractivity contribution in [3.8, 4) is 0 Å². The summed E-state index contributed by atoms with van der Waals surface area (Å²) in [6, 6.07) is 0.784. The maximum absolute atomic E-state index is 3.58. The maximum Gasteiger partial charge on any atom is 0.00718 e. The summed E-state index contributed by atoms with van der Waals surface area (Å²) in [5.74, 6) is 0.896. The highest BCUT2D eigenvalue weighted by molar-refractivity contribution is 9.09. The Morgan fingerprint density at radius 3 is 2.92 bits per heavy atom. The molecule has 2 atom stereocenters. The summed E-state index contributed by atoms with van der Waals surface area (Å²) in [5, 5.41) is 1.18. The van der Waals surface area contributed by atoms with Crippen molar-refractivity contribution in [3.05, 3.63) is 0 Å². The summed E-state index contributed by atoms with van der Waals surface area (Å²) in [7, 11) is 0. The van der Waals surface area contributed by atoms with Crippen LogP contribution in [0.3, 0.4) is 0 Å². The lowest BCUT2D eigenvalue weighted by Gasteiger charge is -2.35. The molecule has 0 aromatic heterocycles. The average molecular weight is 234 g/mol. The summed E-state index contributed by atoms with van der Waals surface area (Å²) in [4.78, 5) is 2.63. The van der Waals surface area contributed by atoms with Crippen LogP contribution in [0.5, 0.6) is 0 Å². The fourth-order valence-electron chi connectivity index (χ4n) is 1.88. The zero-order valence-corrected chi connectivity index (χ0v) is 9.81. The van der Waals surface area contributed by atoms with E-state index in [-0.39, 0.29) is 0 Å². The molecule has 12 heavy (non-hydrogen) atoms. The SMILES string of the molecule is CCC(C)N1CCCC(CBr)C1. The van der Waals surface area contributed by atoms with Crippen molar-refractivity contribution in [2.75, 3.05) is 18.4 Å². The molecule has 0 amide bonds. The molecule has 0 N–H and O–H groups in total. The fourth-order valence-corrected chi connectivity index (χ4v) is 2.41. The minimum atomic E-state index is 0.784. The molecule has 0 radical (unpaired) electrons. The van der Waals surface area contributed by atoms with Crippen LogP contribution in [0.25, 0.3) is 0 Å². The van der Waals surface area contributed by atoms with Gasteiger partial charge >= 0.3 is 0 Å². The highest BCUT2D eigenvalue weighted by Gasteiger charge is 2.21. The summed E-state index contributed by atoms with van der Waals surface area (Å²) in [6.07, 6.45) is 4.09. The number of nitrogens with zero attached hydrogens (tertiary/aromatic N) is 1. The smallest absolute Gasteiger partial charge is 0.00718 e. The largest absolute Gasteiger partial charge is 0.300 e. The van der Waals surface area contributed by atoms with Gasteiger partial charge in [-0.1, -0.05) is 22.9 Å². The Morgan fingerprint density at radius 1 is 1.58 bits per heavy atom. The number of piperidine rings is 1. The van der Waals surface area contributed by atoms with Crippen LogP contribution in [0, 0.1) is 5.92 Å². The molecular formula is C10H20BrN. The zero-order chi connectivity index (χ0) is 8.97. The molecule has 1 fully saturated rings. The van der Waals surface area contributed by atoms with E-state index in [2.05, 4.69) is 34.7 Å². The number of rotatable bonds is 3. The van der Waals surface area contributed by atoms with Gasteiger partial charge in [0.15, 0.2) is 0 Å². The molecule has 0 spiro atoms. The molecule has 1 rings (SSSR count). The Bertz CT molecular complexity index is 125. The van der Waals surface area contributed by atoms with Gasteiger partial charge in [-0.2, -0.15) is 0 Å². The molecule has 0 aromatic carbocycles. The Labute approximate surface area is 84.6 Å². The molecule has 0 bridgehead atoms. The number of likely N-dealkylation sites (tertiary alicyclic amines) is 1. The van der Waals surface area contributed by atoms with E-state index in [1.165, 1.54) is 37.7 Å². The van der Waals surface area contributed by atoms with Gasteiger partial charge in [-0.3, -0.25) is 0 Å². The molecule has 0 aromatic rings. The quantitative estimate of drug-likeness (QED) is 0.679. The van der Waals surface area contributed by atoms with Gasteiger partial charge in [0.25, 0.3) is 0 Å². The number of hydrogen-bond acceptors (Lipinski definition) is 1. The first-order valence-electron chi connectivity index (χ1n) is 5.08. The second kappa shape index (κ2) is 5.23.